The van der Waals surface area contributed by atoms with Gasteiger partial charge in [0, 0.05) is 6.54 Å². The molecule has 0 radical (unpaired) electrons. The van der Waals surface area contributed by atoms with Gasteiger partial charge in [-0.2, -0.15) is 0 Å². The fraction of sp³-hybridized carbons (Fsp3) is 0.250. The molecule has 0 spiro atoms. The number of nitrogens with two attached hydrogens (primary N) is 1. The van der Waals surface area contributed by atoms with Crippen LogP contribution in [0.15, 0.2) is 12.3 Å². The smallest absolute Gasteiger partial charge is 0.290 e. The first-order valence-electron chi connectivity index (χ1n) is 1.90. The molecule has 0 atom stereocenters. The summed E-state index contributed by atoms with van der Waals surface area (Å²) in [6.07, 6.45) is 2.39. The first kappa shape index (κ1) is 10.1. The molecule has 0 saturated carbocycles. The second-order valence-corrected chi connectivity index (χ2v) is 0.726. The topological polar surface area (TPSA) is 83.5 Å². The summed E-state index contributed by atoms with van der Waals surface area (Å²) < 4.78 is 0. The number of hydrogen-bond acceptors (Lipinski definition) is 3. The van der Waals surface area contributed by atoms with Gasteiger partial charge in [0.15, 0.2) is 0 Å². The monoisotopic (exact) mass is 119 g/mol. The van der Waals surface area contributed by atoms with Crippen LogP contribution in [0.1, 0.15) is 0 Å². The molecular weight excluding hydrogens is 110 g/mol. The van der Waals surface area contributed by atoms with E-state index in [1.54, 1.807) is 0 Å². The Morgan fingerprint density at radius 3 is 1.88 bits per heavy atom. The zero-order valence-electron chi connectivity index (χ0n) is 4.32. The molecule has 0 aliphatic rings. The minimum Gasteiger partial charge on any atom is -0.516 e. The third-order valence-corrected chi connectivity index (χ3v) is 0.241. The average molecular weight is 119 g/mol. The highest BCUT2D eigenvalue weighted by atomic mass is 16.3. The van der Waals surface area contributed by atoms with Crippen molar-refractivity contribution in [2.24, 2.45) is 5.73 Å². The molecule has 0 bridgehead atoms. The number of rotatable bonds is 1. The van der Waals surface area contributed by atoms with E-state index in [1.165, 1.54) is 6.08 Å². The Balaban J connectivity index is 0. The summed E-state index contributed by atoms with van der Waals surface area (Å²) in [6, 6.07) is 0. The highest BCUT2D eigenvalue weighted by Crippen LogP contribution is 1.52. The van der Waals surface area contributed by atoms with Crippen LogP contribution in [0.2, 0.25) is 0 Å². The SMILES string of the molecule is NCC=CO.O=CO. The first-order valence-corrected chi connectivity index (χ1v) is 1.90. The summed E-state index contributed by atoms with van der Waals surface area (Å²) in [5.41, 5.74) is 4.89. The van der Waals surface area contributed by atoms with Gasteiger partial charge in [-0.25, -0.2) is 0 Å². The van der Waals surface area contributed by atoms with E-state index >= 15 is 0 Å². The second kappa shape index (κ2) is 16.7. The van der Waals surface area contributed by atoms with Gasteiger partial charge in [0.1, 0.15) is 0 Å². The molecule has 0 aromatic carbocycles. The predicted octanol–water partition coefficient (Wildman–Crippen LogP) is -0.282. The Morgan fingerprint density at radius 2 is 1.88 bits per heavy atom. The van der Waals surface area contributed by atoms with Crippen LogP contribution >= 0.6 is 0 Å². The lowest BCUT2D eigenvalue weighted by atomic mass is 10.6. The summed E-state index contributed by atoms with van der Waals surface area (Å²) in [6.45, 7) is 0.163. The lowest BCUT2D eigenvalue weighted by molar-refractivity contribution is -0.122. The minimum atomic E-state index is -0.250. The highest BCUT2D eigenvalue weighted by Gasteiger charge is 1.52. The molecule has 8 heavy (non-hydrogen) atoms. The standard InChI is InChI=1S/C3H7NO.CH2O2/c4-2-1-3-5;2-1-3/h1,3,5H,2,4H2;1H,(H,2,3). The molecule has 0 aromatic rings. The lowest BCUT2D eigenvalue weighted by Crippen LogP contribution is -1.91. The third kappa shape index (κ3) is 83.3. The van der Waals surface area contributed by atoms with Crippen molar-refractivity contribution in [1.29, 1.82) is 0 Å². The Kier molecular flexibility index (Phi) is 21.0. The molecule has 0 amide bonds. The molecule has 0 rings (SSSR count). The van der Waals surface area contributed by atoms with Crippen molar-refractivity contribution >= 4 is 6.47 Å². The average Bonchev–Trinajstić information content (AvgIpc) is 1.71. The van der Waals surface area contributed by atoms with E-state index in [9.17, 15) is 0 Å². The van der Waals surface area contributed by atoms with E-state index in [0.717, 1.165) is 6.26 Å². The summed E-state index contributed by atoms with van der Waals surface area (Å²) in [4.78, 5) is 8.36. The van der Waals surface area contributed by atoms with E-state index in [1.807, 2.05) is 0 Å². The van der Waals surface area contributed by atoms with E-state index in [2.05, 4.69) is 0 Å². The molecule has 0 aliphatic carbocycles. The molecular formula is C4H9NO3. The van der Waals surface area contributed by atoms with Crippen molar-refractivity contribution in [3.63, 3.8) is 0 Å². The van der Waals surface area contributed by atoms with Gasteiger partial charge >= 0.3 is 0 Å². The maximum atomic E-state index is 8.36. The van der Waals surface area contributed by atoms with Gasteiger partial charge < -0.3 is 15.9 Å². The number of carbonyl (C=O) groups is 1. The van der Waals surface area contributed by atoms with Crippen LogP contribution < -0.4 is 5.73 Å². The molecule has 48 valence electrons. The van der Waals surface area contributed by atoms with Crippen molar-refractivity contribution in [2.75, 3.05) is 6.54 Å². The number of aliphatic hydroxyl groups is 1. The number of carboxylic acid groups (broad SMARTS) is 1. The second-order valence-electron chi connectivity index (χ2n) is 0.726. The van der Waals surface area contributed by atoms with Gasteiger partial charge in [-0.05, 0) is 6.08 Å². The van der Waals surface area contributed by atoms with Crippen LogP contribution in [0.25, 0.3) is 0 Å². The number of aliphatic hydroxyl groups excluding tert-OH is 1. The van der Waals surface area contributed by atoms with Crippen molar-refractivity contribution in [3.05, 3.63) is 12.3 Å². The summed E-state index contributed by atoms with van der Waals surface area (Å²) >= 11 is 0. The van der Waals surface area contributed by atoms with Crippen LogP contribution in [-0.4, -0.2) is 23.2 Å². The van der Waals surface area contributed by atoms with E-state index in [0.29, 0.717) is 6.54 Å². The molecule has 0 aliphatic heterocycles. The maximum absolute atomic E-state index is 8.36. The molecule has 0 saturated heterocycles. The van der Waals surface area contributed by atoms with Crippen molar-refractivity contribution in [2.45, 2.75) is 0 Å². The van der Waals surface area contributed by atoms with E-state index < -0.39 is 0 Å². The van der Waals surface area contributed by atoms with Crippen LogP contribution in [-0.2, 0) is 4.79 Å². The van der Waals surface area contributed by atoms with Gasteiger partial charge in [-0.3, -0.25) is 4.79 Å². The molecule has 0 fully saturated rings. The van der Waals surface area contributed by atoms with Crippen molar-refractivity contribution < 1.29 is 15.0 Å². The quantitative estimate of drug-likeness (QED) is 0.327. The molecule has 0 unspecified atom stereocenters. The van der Waals surface area contributed by atoms with Gasteiger partial charge in [0.05, 0.1) is 6.26 Å². The van der Waals surface area contributed by atoms with Gasteiger partial charge in [-0.1, -0.05) is 0 Å². The predicted molar refractivity (Wildman–Crippen MR) is 29.5 cm³/mol. The number of hydrogen-bond donors (Lipinski definition) is 3. The molecule has 0 heterocycles. The Labute approximate surface area is 47.2 Å². The molecule has 0 aromatic heterocycles. The Bertz CT molecular complexity index is 62.3. The maximum Gasteiger partial charge on any atom is 0.290 e. The highest BCUT2D eigenvalue weighted by molar-refractivity contribution is 5.32. The van der Waals surface area contributed by atoms with Crippen molar-refractivity contribution in [3.8, 4) is 0 Å². The van der Waals surface area contributed by atoms with E-state index in [-0.39, 0.29) is 6.47 Å². The van der Waals surface area contributed by atoms with Crippen molar-refractivity contribution in [1.82, 2.24) is 0 Å². The molecule has 4 N–H and O–H groups in total. The molecule has 4 nitrogen and oxygen atoms in total. The largest absolute Gasteiger partial charge is 0.516 e. The molecule has 4 heteroatoms. The minimum absolute atomic E-state index is 0.250. The van der Waals surface area contributed by atoms with Crippen LogP contribution in [0, 0.1) is 0 Å². The zero-order chi connectivity index (χ0) is 6.83. The zero-order valence-corrected chi connectivity index (χ0v) is 4.32. The van der Waals surface area contributed by atoms with Crippen LogP contribution in [0.5, 0.6) is 0 Å². The van der Waals surface area contributed by atoms with Crippen LogP contribution in [0.3, 0.4) is 0 Å². The fourth-order valence-corrected chi connectivity index (χ4v) is 0.0609. The lowest BCUT2D eigenvalue weighted by Gasteiger charge is -1.67. The summed E-state index contributed by atoms with van der Waals surface area (Å²) in [5.74, 6) is 0. The normalized spacial score (nSPS) is 7.62. The summed E-state index contributed by atoms with van der Waals surface area (Å²) in [5, 5.41) is 14.7. The Morgan fingerprint density at radius 1 is 1.50 bits per heavy atom. The first-order chi connectivity index (χ1) is 3.83. The Hall–Kier alpha value is -1.03. The van der Waals surface area contributed by atoms with Gasteiger partial charge in [0.2, 0.25) is 0 Å². The third-order valence-electron chi connectivity index (χ3n) is 0.241. The van der Waals surface area contributed by atoms with Gasteiger partial charge in [-0.15, -0.1) is 0 Å². The van der Waals surface area contributed by atoms with Crippen LogP contribution in [0.4, 0.5) is 0 Å². The van der Waals surface area contributed by atoms with Gasteiger partial charge in [0.25, 0.3) is 6.47 Å². The van der Waals surface area contributed by atoms with E-state index in [4.69, 9.17) is 20.7 Å². The fourth-order valence-electron chi connectivity index (χ4n) is 0.0609. The summed E-state index contributed by atoms with van der Waals surface area (Å²) in [7, 11) is 0.